The van der Waals surface area contributed by atoms with Gasteiger partial charge >= 0.3 is 5.97 Å². The second kappa shape index (κ2) is 3.22. The van der Waals surface area contributed by atoms with E-state index in [9.17, 15) is 4.79 Å². The normalized spacial score (nSPS) is 15.1. The molecule has 0 bridgehead atoms. The van der Waals surface area contributed by atoms with Crippen LogP contribution in [0.5, 0.6) is 0 Å². The third-order valence-electron chi connectivity index (χ3n) is 2.10. The highest BCUT2D eigenvalue weighted by Crippen LogP contribution is 2.24. The fourth-order valence-corrected chi connectivity index (χ4v) is 0.976. The molecule has 3 nitrogen and oxygen atoms in total. The van der Waals surface area contributed by atoms with Gasteiger partial charge in [-0.05, 0) is 19.8 Å². The van der Waals surface area contributed by atoms with Crippen LogP contribution in [0.2, 0.25) is 0 Å². The fourth-order valence-electron chi connectivity index (χ4n) is 0.976. The van der Waals surface area contributed by atoms with E-state index in [0.29, 0.717) is 0 Å². The molecule has 0 radical (unpaired) electrons. The Morgan fingerprint density at radius 3 is 1.91 bits per heavy atom. The second-order valence-electron chi connectivity index (χ2n) is 3.80. The Morgan fingerprint density at radius 2 is 1.82 bits per heavy atom. The van der Waals surface area contributed by atoms with Crippen molar-refractivity contribution in [2.75, 3.05) is 0 Å². The SMILES string of the molecule is CC(C)C(N)C(C)(C)C(=O)O. The largest absolute Gasteiger partial charge is 0.481 e. The van der Waals surface area contributed by atoms with Gasteiger partial charge in [0.05, 0.1) is 5.41 Å². The van der Waals surface area contributed by atoms with E-state index < -0.39 is 11.4 Å². The predicted molar refractivity (Wildman–Crippen MR) is 44.2 cm³/mol. The zero-order valence-corrected chi connectivity index (χ0v) is 7.59. The monoisotopic (exact) mass is 159 g/mol. The summed E-state index contributed by atoms with van der Waals surface area (Å²) in [6.45, 7) is 7.16. The first-order chi connectivity index (χ1) is 4.80. The van der Waals surface area contributed by atoms with Crippen molar-refractivity contribution >= 4 is 5.97 Å². The third-order valence-corrected chi connectivity index (χ3v) is 2.10. The molecule has 0 aliphatic rings. The van der Waals surface area contributed by atoms with E-state index in [-0.39, 0.29) is 12.0 Å². The summed E-state index contributed by atoms with van der Waals surface area (Å²) in [5.74, 6) is -0.639. The minimum absolute atomic E-state index is 0.195. The standard InChI is InChI=1S/C8H17NO2/c1-5(2)6(9)8(3,4)7(10)11/h5-6H,9H2,1-4H3,(H,10,11). The molecule has 0 saturated carbocycles. The lowest BCUT2D eigenvalue weighted by molar-refractivity contribution is -0.148. The maximum absolute atomic E-state index is 10.7. The summed E-state index contributed by atoms with van der Waals surface area (Å²) in [4.78, 5) is 10.7. The first-order valence-corrected chi connectivity index (χ1v) is 3.79. The molecule has 0 aromatic carbocycles. The topological polar surface area (TPSA) is 63.3 Å². The van der Waals surface area contributed by atoms with Gasteiger partial charge in [-0.25, -0.2) is 0 Å². The molecule has 0 rings (SSSR count). The molecule has 0 amide bonds. The van der Waals surface area contributed by atoms with Crippen molar-refractivity contribution < 1.29 is 9.90 Å². The molecule has 0 saturated heterocycles. The number of hydrogen-bond donors (Lipinski definition) is 2. The van der Waals surface area contributed by atoms with Crippen molar-refractivity contribution in [1.29, 1.82) is 0 Å². The van der Waals surface area contributed by atoms with Crippen molar-refractivity contribution in [1.82, 2.24) is 0 Å². The molecular formula is C8H17NO2. The molecule has 0 aliphatic heterocycles. The zero-order chi connectivity index (χ0) is 9.23. The number of nitrogens with two attached hydrogens (primary N) is 1. The average Bonchev–Trinajstić information content (AvgIpc) is 1.85. The van der Waals surface area contributed by atoms with Crippen molar-refractivity contribution in [2.45, 2.75) is 33.7 Å². The summed E-state index contributed by atoms with van der Waals surface area (Å²) in [7, 11) is 0. The van der Waals surface area contributed by atoms with Gasteiger partial charge in [0, 0.05) is 6.04 Å². The molecule has 3 N–H and O–H groups in total. The van der Waals surface area contributed by atoms with E-state index in [1.54, 1.807) is 13.8 Å². The van der Waals surface area contributed by atoms with Crippen LogP contribution in [0.1, 0.15) is 27.7 Å². The molecule has 0 spiro atoms. The van der Waals surface area contributed by atoms with Gasteiger partial charge in [-0.3, -0.25) is 4.79 Å². The second-order valence-corrected chi connectivity index (χ2v) is 3.80. The van der Waals surface area contributed by atoms with Crippen molar-refractivity contribution in [2.24, 2.45) is 17.1 Å². The van der Waals surface area contributed by atoms with Crippen LogP contribution in [-0.2, 0) is 4.79 Å². The van der Waals surface area contributed by atoms with Crippen LogP contribution >= 0.6 is 0 Å². The molecule has 1 atom stereocenters. The van der Waals surface area contributed by atoms with Crippen LogP contribution in [0.4, 0.5) is 0 Å². The van der Waals surface area contributed by atoms with Crippen molar-refractivity contribution in [3.63, 3.8) is 0 Å². The highest BCUT2D eigenvalue weighted by molar-refractivity contribution is 5.74. The van der Waals surface area contributed by atoms with Gasteiger partial charge in [-0.2, -0.15) is 0 Å². The molecule has 1 unspecified atom stereocenters. The summed E-state index contributed by atoms with van der Waals surface area (Å²) in [5.41, 5.74) is 4.89. The molecule has 11 heavy (non-hydrogen) atoms. The molecule has 0 heterocycles. The number of aliphatic carboxylic acids is 1. The average molecular weight is 159 g/mol. The van der Waals surface area contributed by atoms with Gasteiger partial charge in [-0.1, -0.05) is 13.8 Å². The molecule has 0 aliphatic carbocycles. The molecule has 3 heteroatoms. The Labute approximate surface area is 67.6 Å². The van der Waals surface area contributed by atoms with E-state index in [2.05, 4.69) is 0 Å². The van der Waals surface area contributed by atoms with Gasteiger partial charge < -0.3 is 10.8 Å². The van der Waals surface area contributed by atoms with Crippen LogP contribution in [-0.4, -0.2) is 17.1 Å². The number of carboxylic acids is 1. The van der Waals surface area contributed by atoms with Crippen LogP contribution in [0.25, 0.3) is 0 Å². The Hall–Kier alpha value is -0.570. The summed E-state index contributed by atoms with van der Waals surface area (Å²) in [6.07, 6.45) is 0. The third kappa shape index (κ3) is 2.19. The maximum Gasteiger partial charge on any atom is 0.310 e. The molecule has 0 fully saturated rings. The van der Waals surface area contributed by atoms with Gasteiger partial charge in [0.15, 0.2) is 0 Å². The number of carboxylic acid groups (broad SMARTS) is 1. The van der Waals surface area contributed by atoms with E-state index in [0.717, 1.165) is 0 Å². The minimum atomic E-state index is -0.835. The van der Waals surface area contributed by atoms with Crippen molar-refractivity contribution in [3.8, 4) is 0 Å². The molecule has 66 valence electrons. The summed E-state index contributed by atoms with van der Waals surface area (Å²) >= 11 is 0. The number of carbonyl (C=O) groups is 1. The quantitative estimate of drug-likeness (QED) is 0.647. The van der Waals surface area contributed by atoms with Crippen LogP contribution < -0.4 is 5.73 Å². The number of hydrogen-bond acceptors (Lipinski definition) is 2. The minimum Gasteiger partial charge on any atom is -0.481 e. The van der Waals surface area contributed by atoms with E-state index >= 15 is 0 Å². The van der Waals surface area contributed by atoms with Gasteiger partial charge in [-0.15, -0.1) is 0 Å². The Balaban J connectivity index is 4.42. The Kier molecular flexibility index (Phi) is 3.05. The van der Waals surface area contributed by atoms with Crippen molar-refractivity contribution in [3.05, 3.63) is 0 Å². The Bertz CT molecular complexity index is 152. The van der Waals surface area contributed by atoms with Crippen LogP contribution in [0.15, 0.2) is 0 Å². The van der Waals surface area contributed by atoms with Gasteiger partial charge in [0.2, 0.25) is 0 Å². The fraction of sp³-hybridized carbons (Fsp3) is 0.875. The highest BCUT2D eigenvalue weighted by atomic mass is 16.4. The van der Waals surface area contributed by atoms with Gasteiger partial charge in [0.1, 0.15) is 0 Å². The predicted octanol–water partition coefficient (Wildman–Crippen LogP) is 1.08. The smallest absolute Gasteiger partial charge is 0.310 e. The highest BCUT2D eigenvalue weighted by Gasteiger charge is 2.35. The van der Waals surface area contributed by atoms with Crippen LogP contribution in [0, 0.1) is 11.3 Å². The van der Waals surface area contributed by atoms with E-state index in [1.807, 2.05) is 13.8 Å². The lowest BCUT2D eigenvalue weighted by atomic mass is 9.79. The zero-order valence-electron chi connectivity index (χ0n) is 7.59. The first kappa shape index (κ1) is 10.4. The molecular weight excluding hydrogens is 142 g/mol. The van der Waals surface area contributed by atoms with Gasteiger partial charge in [0.25, 0.3) is 0 Å². The molecule has 0 aromatic rings. The Morgan fingerprint density at radius 1 is 1.45 bits per heavy atom. The summed E-state index contributed by atoms with van der Waals surface area (Å²) in [5, 5.41) is 8.78. The van der Waals surface area contributed by atoms with E-state index in [1.165, 1.54) is 0 Å². The lowest BCUT2D eigenvalue weighted by Crippen LogP contribution is -2.46. The lowest BCUT2D eigenvalue weighted by Gasteiger charge is -2.29. The number of rotatable bonds is 3. The molecule has 0 aromatic heterocycles. The first-order valence-electron chi connectivity index (χ1n) is 3.79. The maximum atomic E-state index is 10.7. The summed E-state index contributed by atoms with van der Waals surface area (Å²) < 4.78 is 0. The summed E-state index contributed by atoms with van der Waals surface area (Å²) in [6, 6.07) is -0.292. The van der Waals surface area contributed by atoms with Crippen LogP contribution in [0.3, 0.4) is 0 Å². The van der Waals surface area contributed by atoms with E-state index in [4.69, 9.17) is 10.8 Å².